The third-order valence-electron chi connectivity index (χ3n) is 2.74. The van der Waals surface area contributed by atoms with Crippen LogP contribution in [0.25, 0.3) is 0 Å². The number of rotatable bonds is 4. The maximum absolute atomic E-state index is 13.0. The largest absolute Gasteiger partial charge is 0.366 e. The zero-order chi connectivity index (χ0) is 13.8. The van der Waals surface area contributed by atoms with Crippen LogP contribution in [0.1, 0.15) is 31.0 Å². The maximum Gasteiger partial charge on any atom is 0.159 e. The molecule has 0 bridgehead atoms. The smallest absolute Gasteiger partial charge is 0.159 e. The Bertz CT molecular complexity index is 570. The number of nitrogens with zero attached hydrogens (tertiary/aromatic N) is 2. The van der Waals surface area contributed by atoms with E-state index in [-0.39, 0.29) is 0 Å². The van der Waals surface area contributed by atoms with Crippen LogP contribution >= 0.6 is 0 Å². The van der Waals surface area contributed by atoms with Gasteiger partial charge in [0.05, 0.1) is 0 Å². The number of nitrogens with one attached hydrogen (secondary N) is 1. The SMILES string of the molecule is CC(C)c1cc(NCc2ccc(F)c(F)c2)ncn1. The van der Waals surface area contributed by atoms with Gasteiger partial charge >= 0.3 is 0 Å². The summed E-state index contributed by atoms with van der Waals surface area (Å²) in [5, 5.41) is 3.06. The van der Waals surface area contributed by atoms with E-state index in [4.69, 9.17) is 0 Å². The van der Waals surface area contributed by atoms with Gasteiger partial charge in [0.2, 0.25) is 0 Å². The first kappa shape index (κ1) is 13.4. The molecule has 2 rings (SSSR count). The molecule has 19 heavy (non-hydrogen) atoms. The molecule has 1 N–H and O–H groups in total. The van der Waals surface area contributed by atoms with Crippen molar-refractivity contribution in [2.45, 2.75) is 26.3 Å². The predicted molar refractivity (Wildman–Crippen MR) is 69.8 cm³/mol. The van der Waals surface area contributed by atoms with Gasteiger partial charge in [0.15, 0.2) is 11.6 Å². The second kappa shape index (κ2) is 5.73. The fraction of sp³-hybridized carbons (Fsp3) is 0.286. The second-order valence-corrected chi connectivity index (χ2v) is 4.58. The average molecular weight is 263 g/mol. The monoisotopic (exact) mass is 263 g/mol. The molecule has 0 atom stereocenters. The van der Waals surface area contributed by atoms with E-state index in [1.807, 2.05) is 19.9 Å². The molecule has 0 saturated carbocycles. The molecule has 2 aromatic rings. The molecule has 0 aliphatic heterocycles. The van der Waals surface area contributed by atoms with Crippen molar-refractivity contribution in [3.8, 4) is 0 Å². The topological polar surface area (TPSA) is 37.8 Å². The molecular weight excluding hydrogens is 248 g/mol. The molecule has 0 aliphatic rings. The minimum Gasteiger partial charge on any atom is -0.366 e. The summed E-state index contributed by atoms with van der Waals surface area (Å²) in [5.41, 5.74) is 1.59. The lowest BCUT2D eigenvalue weighted by Gasteiger charge is -2.08. The van der Waals surface area contributed by atoms with Gasteiger partial charge in [0.1, 0.15) is 12.1 Å². The van der Waals surface area contributed by atoms with Crippen molar-refractivity contribution >= 4 is 5.82 Å². The van der Waals surface area contributed by atoms with Gasteiger partial charge in [-0.3, -0.25) is 0 Å². The molecule has 1 aromatic carbocycles. The lowest BCUT2D eigenvalue weighted by Crippen LogP contribution is -2.04. The minimum atomic E-state index is -0.843. The van der Waals surface area contributed by atoms with Crippen LogP contribution in [0.2, 0.25) is 0 Å². The molecule has 5 heteroatoms. The lowest BCUT2D eigenvalue weighted by molar-refractivity contribution is 0.507. The first-order valence-electron chi connectivity index (χ1n) is 6.06. The van der Waals surface area contributed by atoms with Crippen LogP contribution in [0.15, 0.2) is 30.6 Å². The Hall–Kier alpha value is -2.04. The summed E-state index contributed by atoms with van der Waals surface area (Å²) < 4.78 is 25.8. The van der Waals surface area contributed by atoms with Crippen molar-refractivity contribution in [3.63, 3.8) is 0 Å². The van der Waals surface area contributed by atoms with E-state index in [1.165, 1.54) is 18.5 Å². The number of benzene rings is 1. The third-order valence-corrected chi connectivity index (χ3v) is 2.74. The summed E-state index contributed by atoms with van der Waals surface area (Å²) in [7, 11) is 0. The Balaban J connectivity index is 2.05. The van der Waals surface area contributed by atoms with Gasteiger partial charge in [0, 0.05) is 18.3 Å². The molecule has 0 amide bonds. The summed E-state index contributed by atoms with van der Waals surface area (Å²) in [4.78, 5) is 8.25. The van der Waals surface area contributed by atoms with Crippen LogP contribution in [0.5, 0.6) is 0 Å². The van der Waals surface area contributed by atoms with E-state index in [0.717, 1.165) is 11.8 Å². The normalized spacial score (nSPS) is 10.8. The summed E-state index contributed by atoms with van der Waals surface area (Å²) in [5.74, 6) is -0.701. The van der Waals surface area contributed by atoms with Gasteiger partial charge < -0.3 is 5.32 Å². The van der Waals surface area contributed by atoms with Crippen LogP contribution in [-0.2, 0) is 6.54 Å². The third kappa shape index (κ3) is 3.47. The molecule has 0 fully saturated rings. The molecule has 0 saturated heterocycles. The first-order valence-corrected chi connectivity index (χ1v) is 6.06. The zero-order valence-electron chi connectivity index (χ0n) is 10.8. The Labute approximate surface area is 110 Å². The Morgan fingerprint density at radius 1 is 1.11 bits per heavy atom. The Morgan fingerprint density at radius 3 is 2.58 bits per heavy atom. The van der Waals surface area contributed by atoms with Crippen LogP contribution in [-0.4, -0.2) is 9.97 Å². The first-order chi connectivity index (χ1) is 9.06. The molecule has 0 aliphatic carbocycles. The Morgan fingerprint density at radius 2 is 1.89 bits per heavy atom. The van der Waals surface area contributed by atoms with Crippen molar-refractivity contribution in [3.05, 3.63) is 53.5 Å². The number of hydrogen-bond donors (Lipinski definition) is 1. The van der Waals surface area contributed by atoms with E-state index < -0.39 is 11.6 Å². The molecule has 1 heterocycles. The quantitative estimate of drug-likeness (QED) is 0.917. The van der Waals surface area contributed by atoms with Crippen molar-refractivity contribution in [1.29, 1.82) is 0 Å². The van der Waals surface area contributed by atoms with Gasteiger partial charge in [-0.1, -0.05) is 19.9 Å². The zero-order valence-corrected chi connectivity index (χ0v) is 10.8. The maximum atomic E-state index is 13.0. The van der Waals surface area contributed by atoms with Crippen molar-refractivity contribution < 1.29 is 8.78 Å². The number of anilines is 1. The molecule has 100 valence electrons. The highest BCUT2D eigenvalue weighted by molar-refractivity contribution is 5.36. The van der Waals surface area contributed by atoms with Gasteiger partial charge in [-0.25, -0.2) is 18.7 Å². The molecule has 1 aromatic heterocycles. The van der Waals surface area contributed by atoms with E-state index >= 15 is 0 Å². The van der Waals surface area contributed by atoms with Crippen molar-refractivity contribution in [2.24, 2.45) is 0 Å². The average Bonchev–Trinajstić information content (AvgIpc) is 2.40. The predicted octanol–water partition coefficient (Wildman–Crippen LogP) is 3.49. The standard InChI is InChI=1S/C14H15F2N3/c1-9(2)13-6-14(19-8-18-13)17-7-10-3-4-11(15)12(16)5-10/h3-6,8-9H,7H2,1-2H3,(H,17,18,19). The minimum absolute atomic E-state index is 0.312. The van der Waals surface area contributed by atoms with E-state index in [2.05, 4.69) is 15.3 Å². The molecule has 0 unspecified atom stereocenters. The van der Waals surface area contributed by atoms with E-state index in [0.29, 0.717) is 23.8 Å². The van der Waals surface area contributed by atoms with E-state index in [9.17, 15) is 8.78 Å². The number of halogens is 2. The lowest BCUT2D eigenvalue weighted by atomic mass is 10.1. The highest BCUT2D eigenvalue weighted by Gasteiger charge is 2.05. The van der Waals surface area contributed by atoms with Gasteiger partial charge in [-0.05, 0) is 23.6 Å². The number of hydrogen-bond acceptors (Lipinski definition) is 3. The van der Waals surface area contributed by atoms with Crippen LogP contribution in [0, 0.1) is 11.6 Å². The molecular formula is C14H15F2N3. The summed E-state index contributed by atoms with van der Waals surface area (Å²) in [6.45, 7) is 4.47. The molecule has 0 spiro atoms. The molecule has 0 radical (unpaired) electrons. The highest BCUT2D eigenvalue weighted by Crippen LogP contribution is 2.15. The van der Waals surface area contributed by atoms with Crippen molar-refractivity contribution in [1.82, 2.24) is 9.97 Å². The summed E-state index contributed by atoms with van der Waals surface area (Å²) in [6.07, 6.45) is 1.49. The van der Waals surface area contributed by atoms with Crippen LogP contribution in [0.4, 0.5) is 14.6 Å². The fourth-order valence-corrected chi connectivity index (χ4v) is 1.63. The van der Waals surface area contributed by atoms with Gasteiger partial charge in [0.25, 0.3) is 0 Å². The Kier molecular flexibility index (Phi) is 4.04. The second-order valence-electron chi connectivity index (χ2n) is 4.58. The summed E-state index contributed by atoms with van der Waals surface area (Å²) in [6, 6.07) is 5.68. The van der Waals surface area contributed by atoms with Gasteiger partial charge in [-0.15, -0.1) is 0 Å². The van der Waals surface area contributed by atoms with Crippen LogP contribution in [0.3, 0.4) is 0 Å². The molecule has 3 nitrogen and oxygen atoms in total. The fourth-order valence-electron chi connectivity index (χ4n) is 1.63. The highest BCUT2D eigenvalue weighted by atomic mass is 19.2. The number of aromatic nitrogens is 2. The summed E-state index contributed by atoms with van der Waals surface area (Å²) >= 11 is 0. The van der Waals surface area contributed by atoms with Gasteiger partial charge in [-0.2, -0.15) is 0 Å². The van der Waals surface area contributed by atoms with E-state index in [1.54, 1.807) is 0 Å². The van der Waals surface area contributed by atoms with Crippen LogP contribution < -0.4 is 5.32 Å². The van der Waals surface area contributed by atoms with Crippen molar-refractivity contribution in [2.75, 3.05) is 5.32 Å².